The molecule has 0 aliphatic heterocycles. The van der Waals surface area contributed by atoms with Crippen LogP contribution in [0.3, 0.4) is 0 Å². The van der Waals surface area contributed by atoms with E-state index in [0.29, 0.717) is 5.82 Å². The summed E-state index contributed by atoms with van der Waals surface area (Å²) in [4.78, 5) is 10.4. The zero-order valence-corrected chi connectivity index (χ0v) is 30.0. The molecular weight excluding hydrogens is 657 g/mol. The van der Waals surface area contributed by atoms with Gasteiger partial charge in [0.2, 0.25) is 8.07 Å². The molecule has 0 spiro atoms. The van der Waals surface area contributed by atoms with Crippen LogP contribution in [0.1, 0.15) is 5.56 Å². The van der Waals surface area contributed by atoms with E-state index in [9.17, 15) is 0 Å². The second-order valence-corrected chi connectivity index (χ2v) is 16.6. The zero-order chi connectivity index (χ0) is 35.5. The summed E-state index contributed by atoms with van der Waals surface area (Å²) in [5, 5.41) is 8.21. The fourth-order valence-electron chi connectivity index (χ4n) is 7.52. The summed E-state index contributed by atoms with van der Waals surface area (Å²) >= 11 is 0. The van der Waals surface area contributed by atoms with Gasteiger partial charge in [-0.3, -0.25) is 0 Å². The Kier molecular flexibility index (Phi) is 8.50. The number of hydrogen-bond acceptors (Lipinski definition) is 2. The summed E-state index contributed by atoms with van der Waals surface area (Å²) < 4.78 is 0. The molecule has 0 atom stereocenters. The van der Waals surface area contributed by atoms with Crippen molar-refractivity contribution in [1.82, 2.24) is 9.97 Å². The summed E-state index contributed by atoms with van der Waals surface area (Å²) in [6.45, 7) is 0. The number of fused-ring (bicyclic) bond motifs is 2. The molecule has 0 aliphatic carbocycles. The van der Waals surface area contributed by atoms with Crippen LogP contribution in [0.4, 0.5) is 0 Å². The van der Waals surface area contributed by atoms with E-state index in [0.717, 1.165) is 55.2 Å². The van der Waals surface area contributed by atoms with Crippen molar-refractivity contribution in [1.29, 1.82) is 0 Å². The number of benzene rings is 8. The summed E-state index contributed by atoms with van der Waals surface area (Å²) in [7, 11) is -2.83. The Morgan fingerprint density at radius 1 is 0.358 bits per heavy atom. The van der Waals surface area contributed by atoms with Gasteiger partial charge < -0.3 is 0 Å². The van der Waals surface area contributed by atoms with Gasteiger partial charge in [-0.05, 0) is 43.2 Å². The minimum absolute atomic E-state index is 0.698. The highest BCUT2D eigenvalue weighted by molar-refractivity contribution is 7.16. The van der Waals surface area contributed by atoms with Crippen LogP contribution in [-0.2, 0) is 0 Å². The van der Waals surface area contributed by atoms with Crippen molar-refractivity contribution in [3.05, 3.63) is 212 Å². The molecule has 1 aromatic heterocycles. The normalized spacial score (nSPS) is 11.2. The quantitative estimate of drug-likeness (QED) is 0.0752. The second kappa shape index (κ2) is 14.0. The molecule has 0 unspecified atom stereocenters. The van der Waals surface area contributed by atoms with E-state index >= 15 is 0 Å². The molecule has 0 N–H and O–H groups in total. The Morgan fingerprint density at radius 2 is 0.736 bits per heavy atom. The van der Waals surface area contributed by atoms with Crippen LogP contribution in [0.2, 0.25) is 0 Å². The first-order valence-electron chi connectivity index (χ1n) is 17.9. The third-order valence-electron chi connectivity index (χ3n) is 10.0. The van der Waals surface area contributed by atoms with E-state index in [-0.39, 0.29) is 0 Å². The predicted molar refractivity (Wildman–Crippen MR) is 224 cm³/mol. The summed E-state index contributed by atoms with van der Waals surface area (Å²) in [6, 6.07) is 72.7. The number of rotatable bonds is 6. The second-order valence-electron chi connectivity index (χ2n) is 13.1. The fraction of sp³-hybridized carbons (Fsp3) is 0. The fourth-order valence-corrected chi connectivity index (χ4v) is 11.3. The van der Waals surface area contributed by atoms with Crippen LogP contribution < -0.4 is 15.6 Å². The lowest BCUT2D eigenvalue weighted by Gasteiger charge is -2.28. The molecule has 9 rings (SSSR count). The highest BCUT2D eigenvalue weighted by Gasteiger charge is 2.38. The number of nitrogens with zero attached hydrogens (tertiary/aromatic N) is 2. The molecule has 1 heterocycles. The highest BCUT2D eigenvalue weighted by Crippen LogP contribution is 2.40. The summed E-state index contributed by atoms with van der Waals surface area (Å²) in [5.41, 5.74) is 9.97. The molecule has 3 heteroatoms. The van der Waals surface area contributed by atoms with Crippen molar-refractivity contribution in [3.63, 3.8) is 0 Å². The van der Waals surface area contributed by atoms with Crippen LogP contribution in [0.25, 0.3) is 55.4 Å². The zero-order valence-electron chi connectivity index (χ0n) is 29.0. The lowest BCUT2D eigenvalue weighted by atomic mass is 9.90. The Bertz CT molecular complexity index is 2540. The average Bonchev–Trinajstić information content (AvgIpc) is 3.25. The van der Waals surface area contributed by atoms with E-state index in [2.05, 4.69) is 193 Å². The molecule has 0 saturated heterocycles. The Morgan fingerprint density at radius 3 is 1.21 bits per heavy atom. The summed E-state index contributed by atoms with van der Waals surface area (Å²) in [5.74, 6) is 4.60. The Balaban J connectivity index is 1.35. The van der Waals surface area contributed by atoms with Gasteiger partial charge >= 0.3 is 0 Å². The lowest BCUT2D eigenvalue weighted by molar-refractivity contribution is 1.19. The standard InChI is InChI=1S/C50H34N2Si/c1-6-20-37(21-7-1)47-36-48(52-50(51-47)38-22-8-2-9-23-38)49-45-32-18-16-30-42(45)44(43-31-17-19-33-46(43)49)34-35-53(39-24-10-3-11-25-39,40-26-12-4-13-27-40)41-28-14-5-15-29-41/h1-33,36H. The SMILES string of the molecule is C(#C[Si](c1ccccc1)(c1ccccc1)c1ccccc1)c1c2ccccc2c(-c2cc(-c3ccccc3)nc(-c3ccccc3)n2)c2ccccc12. The first-order chi connectivity index (χ1) is 26.3. The Labute approximate surface area is 311 Å². The monoisotopic (exact) mass is 690 g/mol. The van der Waals surface area contributed by atoms with Crippen LogP contribution in [0.15, 0.2) is 206 Å². The van der Waals surface area contributed by atoms with Gasteiger partial charge in [0.1, 0.15) is 0 Å². The van der Waals surface area contributed by atoms with E-state index in [1.807, 2.05) is 24.3 Å². The van der Waals surface area contributed by atoms with Crippen molar-refractivity contribution in [2.45, 2.75) is 0 Å². The van der Waals surface area contributed by atoms with Gasteiger partial charge in [-0.2, -0.15) is 0 Å². The van der Waals surface area contributed by atoms with Crippen LogP contribution in [-0.4, -0.2) is 18.0 Å². The average molecular weight is 691 g/mol. The maximum Gasteiger partial charge on any atom is 0.230 e. The van der Waals surface area contributed by atoms with Crippen LogP contribution in [0, 0.1) is 11.5 Å². The van der Waals surface area contributed by atoms with Gasteiger partial charge in [-0.25, -0.2) is 9.97 Å². The van der Waals surface area contributed by atoms with E-state index in [1.54, 1.807) is 0 Å². The molecule has 0 aliphatic rings. The van der Waals surface area contributed by atoms with E-state index in [1.165, 1.54) is 15.6 Å². The molecule has 9 aromatic rings. The highest BCUT2D eigenvalue weighted by atomic mass is 28.3. The van der Waals surface area contributed by atoms with E-state index < -0.39 is 8.07 Å². The molecular formula is C50H34N2Si. The van der Waals surface area contributed by atoms with Gasteiger partial charge in [0.15, 0.2) is 5.82 Å². The molecule has 8 aromatic carbocycles. The minimum Gasteiger partial charge on any atom is -0.228 e. The van der Waals surface area contributed by atoms with Gasteiger partial charge in [0.25, 0.3) is 0 Å². The molecule has 0 fully saturated rings. The van der Waals surface area contributed by atoms with Gasteiger partial charge in [0, 0.05) is 22.3 Å². The first kappa shape index (κ1) is 32.1. The van der Waals surface area contributed by atoms with Crippen LogP contribution >= 0.6 is 0 Å². The van der Waals surface area contributed by atoms with Crippen molar-refractivity contribution >= 4 is 45.2 Å². The summed E-state index contributed by atoms with van der Waals surface area (Å²) in [6.07, 6.45) is 0. The molecule has 0 amide bonds. The first-order valence-corrected chi connectivity index (χ1v) is 19.9. The Hall–Kier alpha value is -6.86. The van der Waals surface area contributed by atoms with Crippen molar-refractivity contribution < 1.29 is 0 Å². The maximum absolute atomic E-state index is 5.29. The van der Waals surface area contributed by atoms with E-state index in [4.69, 9.17) is 9.97 Å². The minimum atomic E-state index is -2.83. The predicted octanol–water partition coefficient (Wildman–Crippen LogP) is 9.85. The van der Waals surface area contributed by atoms with Crippen molar-refractivity contribution in [2.24, 2.45) is 0 Å². The third-order valence-corrected chi connectivity index (χ3v) is 14.1. The molecule has 53 heavy (non-hydrogen) atoms. The largest absolute Gasteiger partial charge is 0.230 e. The molecule has 0 bridgehead atoms. The molecule has 0 saturated carbocycles. The van der Waals surface area contributed by atoms with Crippen molar-refractivity contribution in [3.8, 4) is 45.4 Å². The van der Waals surface area contributed by atoms with Gasteiger partial charge in [0.05, 0.1) is 11.4 Å². The molecule has 0 radical (unpaired) electrons. The molecule has 248 valence electrons. The van der Waals surface area contributed by atoms with Gasteiger partial charge in [-0.1, -0.05) is 206 Å². The maximum atomic E-state index is 5.29. The number of hydrogen-bond donors (Lipinski definition) is 0. The number of aromatic nitrogens is 2. The van der Waals surface area contributed by atoms with Crippen molar-refractivity contribution in [2.75, 3.05) is 0 Å². The molecule has 2 nitrogen and oxygen atoms in total. The lowest BCUT2D eigenvalue weighted by Crippen LogP contribution is -2.66. The third kappa shape index (κ3) is 5.92. The smallest absolute Gasteiger partial charge is 0.228 e. The van der Waals surface area contributed by atoms with Crippen LogP contribution in [0.5, 0.6) is 0 Å². The van der Waals surface area contributed by atoms with Gasteiger partial charge in [-0.15, -0.1) is 5.54 Å². The topological polar surface area (TPSA) is 25.8 Å².